The molecule has 0 spiro atoms. The van der Waals surface area contributed by atoms with Crippen LogP contribution in [-0.4, -0.2) is 92.9 Å². The third-order valence-electron chi connectivity index (χ3n) is 6.35. The summed E-state index contributed by atoms with van der Waals surface area (Å²) in [4.78, 5) is 41.3. The Morgan fingerprint density at radius 1 is 0.930 bits per heavy atom. The van der Waals surface area contributed by atoms with Crippen molar-refractivity contribution >= 4 is 23.7 Å². The van der Waals surface area contributed by atoms with Crippen LogP contribution in [0.2, 0.25) is 0 Å². The van der Waals surface area contributed by atoms with Gasteiger partial charge in [-0.2, -0.15) is 0 Å². The Morgan fingerprint density at radius 3 is 2.07 bits per heavy atom. The molecular weight excluding hydrogens is 552 g/mol. The van der Waals surface area contributed by atoms with Gasteiger partial charge in [0.05, 0.1) is 28.6 Å². The van der Waals surface area contributed by atoms with Gasteiger partial charge in [-0.15, -0.1) is 0 Å². The Hall–Kier alpha value is -4.32. The van der Waals surface area contributed by atoms with E-state index in [0.717, 1.165) is 12.1 Å². The number of benzene rings is 2. The van der Waals surface area contributed by atoms with E-state index in [1.54, 1.807) is 26.0 Å². The van der Waals surface area contributed by atoms with Crippen LogP contribution in [0.1, 0.15) is 30.9 Å². The zero-order valence-corrected chi connectivity index (χ0v) is 25.7. The Balaban J connectivity index is 0.000000973. The van der Waals surface area contributed by atoms with Crippen LogP contribution in [-0.2, 0) is 19.1 Å². The minimum atomic E-state index is -0.904. The molecule has 11 heteroatoms. The second-order valence-corrected chi connectivity index (χ2v) is 10.4. The number of dihydropyridines is 1. The number of nitro groups is 1. The van der Waals surface area contributed by atoms with Crippen LogP contribution < -0.4 is 5.32 Å². The summed E-state index contributed by atoms with van der Waals surface area (Å²) in [6.45, 7) is 5.12. The van der Waals surface area contributed by atoms with E-state index in [4.69, 9.17) is 14.6 Å². The number of nitrogens with one attached hydrogen (secondary N) is 1. The number of likely N-dealkylation sites (N-methyl/N-ethyl adjacent to an activating group) is 2. The molecule has 0 radical (unpaired) electrons. The van der Waals surface area contributed by atoms with Crippen LogP contribution >= 0.6 is 0 Å². The fourth-order valence-corrected chi connectivity index (χ4v) is 4.23. The van der Waals surface area contributed by atoms with E-state index >= 15 is 0 Å². The van der Waals surface area contributed by atoms with Crippen molar-refractivity contribution in [2.75, 3.05) is 61.1 Å². The molecule has 0 amide bonds. The molecule has 0 fully saturated rings. The topological polar surface area (TPSA) is 134 Å². The first-order chi connectivity index (χ1) is 20.5. The maximum atomic E-state index is 13.3. The van der Waals surface area contributed by atoms with Crippen LogP contribution in [0, 0.1) is 10.1 Å². The number of carbonyl (C=O) groups excluding carboxylic acids is 2. The molecule has 43 heavy (non-hydrogen) atoms. The lowest BCUT2D eigenvalue weighted by atomic mass is 9.80. The third-order valence-corrected chi connectivity index (χ3v) is 6.35. The first-order valence-corrected chi connectivity index (χ1v) is 13.8. The molecule has 2 aromatic carbocycles. The molecule has 1 unspecified atom stereocenters. The van der Waals surface area contributed by atoms with Gasteiger partial charge in [0.25, 0.3) is 5.69 Å². The molecule has 2 N–H and O–H groups in total. The Kier molecular flexibility index (Phi) is 14.3. The van der Waals surface area contributed by atoms with Gasteiger partial charge in [0, 0.05) is 36.6 Å². The molecule has 0 saturated heterocycles. The number of non-ortho nitro benzene ring substituents is 1. The lowest BCUT2D eigenvalue weighted by Gasteiger charge is -2.30. The van der Waals surface area contributed by atoms with Crippen LogP contribution in [0.4, 0.5) is 5.69 Å². The van der Waals surface area contributed by atoms with Gasteiger partial charge in [-0.3, -0.25) is 10.1 Å². The molecule has 1 aliphatic heterocycles. The van der Waals surface area contributed by atoms with Crippen molar-refractivity contribution in [3.8, 4) is 0 Å². The van der Waals surface area contributed by atoms with Crippen molar-refractivity contribution in [2.45, 2.75) is 19.8 Å². The molecule has 11 nitrogen and oxygen atoms in total. The van der Waals surface area contributed by atoms with Crippen molar-refractivity contribution in [1.29, 1.82) is 0 Å². The molecule has 1 heterocycles. The predicted octanol–water partition coefficient (Wildman–Crippen LogP) is 3.73. The Morgan fingerprint density at radius 2 is 1.53 bits per heavy atom. The van der Waals surface area contributed by atoms with Gasteiger partial charge in [-0.1, -0.05) is 48.5 Å². The van der Waals surface area contributed by atoms with E-state index in [1.807, 2.05) is 74.4 Å². The average molecular weight is 595 g/mol. The lowest BCUT2D eigenvalue weighted by Crippen LogP contribution is -2.33. The van der Waals surface area contributed by atoms with Gasteiger partial charge in [-0.25, -0.2) is 9.59 Å². The summed E-state index contributed by atoms with van der Waals surface area (Å²) >= 11 is 0. The Bertz CT molecular complexity index is 1330. The smallest absolute Gasteiger partial charge is 0.337 e. The van der Waals surface area contributed by atoms with Gasteiger partial charge >= 0.3 is 11.9 Å². The highest BCUT2D eigenvalue weighted by molar-refractivity contribution is 6.00. The summed E-state index contributed by atoms with van der Waals surface area (Å²) in [6.07, 6.45) is 3.56. The molecule has 232 valence electrons. The highest BCUT2D eigenvalue weighted by Crippen LogP contribution is 2.40. The van der Waals surface area contributed by atoms with Crippen LogP contribution in [0.25, 0.3) is 6.08 Å². The molecular formula is C32H42N4O7. The fraction of sp³-hybridized carbons (Fsp3) is 0.375. The highest BCUT2D eigenvalue weighted by Gasteiger charge is 2.38. The maximum Gasteiger partial charge on any atom is 0.337 e. The van der Waals surface area contributed by atoms with Crippen molar-refractivity contribution in [2.24, 2.45) is 0 Å². The lowest BCUT2D eigenvalue weighted by molar-refractivity contribution is -0.384. The highest BCUT2D eigenvalue weighted by atomic mass is 16.6. The van der Waals surface area contributed by atoms with Crippen LogP contribution in [0.5, 0.6) is 0 Å². The van der Waals surface area contributed by atoms with E-state index in [0.29, 0.717) is 23.5 Å². The van der Waals surface area contributed by atoms with E-state index in [-0.39, 0.29) is 36.7 Å². The number of esters is 2. The largest absolute Gasteiger partial charge is 0.461 e. The summed E-state index contributed by atoms with van der Waals surface area (Å²) in [5, 5.41) is 22.7. The number of carbonyl (C=O) groups is 2. The minimum Gasteiger partial charge on any atom is -0.461 e. The number of hydrogen-bond acceptors (Lipinski definition) is 10. The zero-order chi connectivity index (χ0) is 31.9. The first kappa shape index (κ1) is 34.9. The van der Waals surface area contributed by atoms with E-state index in [1.165, 1.54) is 18.2 Å². The van der Waals surface area contributed by atoms with Gasteiger partial charge in [0.15, 0.2) is 0 Å². The second-order valence-electron chi connectivity index (χ2n) is 10.4. The molecule has 0 bridgehead atoms. The van der Waals surface area contributed by atoms with Gasteiger partial charge in [0.1, 0.15) is 13.2 Å². The molecule has 1 atom stereocenters. The number of nitro benzene ring substituents is 1. The monoisotopic (exact) mass is 594 g/mol. The van der Waals surface area contributed by atoms with Crippen molar-refractivity contribution < 1.29 is 29.1 Å². The molecule has 0 aliphatic carbocycles. The van der Waals surface area contributed by atoms with E-state index < -0.39 is 22.8 Å². The molecule has 0 aromatic heterocycles. The number of hydrogen-bond donors (Lipinski definition) is 2. The number of rotatable bonds is 12. The number of ether oxygens (including phenoxy) is 2. The summed E-state index contributed by atoms with van der Waals surface area (Å²) < 4.78 is 11.0. The van der Waals surface area contributed by atoms with E-state index in [9.17, 15) is 19.7 Å². The number of aliphatic hydroxyl groups is 1. The third kappa shape index (κ3) is 11.1. The average Bonchev–Trinajstić information content (AvgIpc) is 2.95. The van der Waals surface area contributed by atoms with Crippen molar-refractivity contribution in [3.63, 3.8) is 0 Å². The van der Waals surface area contributed by atoms with Crippen LogP contribution in [0.15, 0.2) is 83.2 Å². The van der Waals surface area contributed by atoms with E-state index in [2.05, 4.69) is 5.32 Å². The summed E-state index contributed by atoms with van der Waals surface area (Å²) in [6, 6.07) is 15.5. The zero-order valence-electron chi connectivity index (χ0n) is 25.7. The molecule has 0 saturated carbocycles. The molecule has 1 aliphatic rings. The predicted molar refractivity (Wildman–Crippen MR) is 166 cm³/mol. The number of nitrogens with zero attached hydrogens (tertiary/aromatic N) is 3. The number of allylic oxidation sites excluding steroid dienone is 2. The van der Waals surface area contributed by atoms with Crippen molar-refractivity contribution in [3.05, 3.63) is 104 Å². The minimum absolute atomic E-state index is 0.0114. The SMILES string of the molecule is CC1=C(C(=O)OCC=Cc2ccccc2)C(c2cccc([N+](=O)[O-])c2)C(C(=O)OCCN(C)C)=C(C)N1.CN(C)CCO. The first-order valence-electron chi connectivity index (χ1n) is 13.8. The molecule has 2 aromatic rings. The van der Waals surface area contributed by atoms with Crippen LogP contribution in [0.3, 0.4) is 0 Å². The maximum absolute atomic E-state index is 13.3. The quantitative estimate of drug-likeness (QED) is 0.213. The standard InChI is InChI=1S/C28H31N3O6.C4H11NO/c1-19-24(27(32)36-16-9-12-21-10-6-5-7-11-21)26(22-13-8-14-23(18-22)31(34)35)25(20(2)29-19)28(33)37-17-15-30(3)4;1-5(2)3-4-6/h5-14,18,26,29H,15-17H2,1-4H3;6H,3-4H2,1-2H3. The van der Waals surface area contributed by atoms with Gasteiger partial charge in [-0.05, 0) is 59.2 Å². The second kappa shape index (κ2) is 17.6. The van der Waals surface area contributed by atoms with Gasteiger partial charge < -0.3 is 29.7 Å². The number of aliphatic hydroxyl groups excluding tert-OH is 1. The summed E-state index contributed by atoms with van der Waals surface area (Å²) in [5.74, 6) is -2.14. The fourth-order valence-electron chi connectivity index (χ4n) is 4.23. The summed E-state index contributed by atoms with van der Waals surface area (Å²) in [7, 11) is 7.57. The summed E-state index contributed by atoms with van der Waals surface area (Å²) in [5.41, 5.74) is 2.63. The Labute approximate surface area is 253 Å². The normalized spacial score (nSPS) is 14.9. The van der Waals surface area contributed by atoms with Crippen molar-refractivity contribution in [1.82, 2.24) is 15.1 Å². The van der Waals surface area contributed by atoms with Gasteiger partial charge in [0.2, 0.25) is 0 Å². The molecule has 3 rings (SSSR count).